The number of para-hydroxylation sites is 1. The summed E-state index contributed by atoms with van der Waals surface area (Å²) < 4.78 is 0. The van der Waals surface area contributed by atoms with Crippen molar-refractivity contribution in [2.45, 2.75) is 38.6 Å². The fourth-order valence-electron chi connectivity index (χ4n) is 2.24. The maximum atomic E-state index is 11.9. The maximum absolute atomic E-state index is 11.9. The molecule has 108 valence electrons. The molecule has 0 aliphatic heterocycles. The highest BCUT2D eigenvalue weighted by molar-refractivity contribution is 5.93. The van der Waals surface area contributed by atoms with Crippen LogP contribution in [-0.4, -0.2) is 23.1 Å². The minimum absolute atomic E-state index is 0.0733. The third kappa shape index (κ3) is 3.73. The van der Waals surface area contributed by atoms with Gasteiger partial charge >= 0.3 is 12.0 Å². The molecule has 1 aromatic rings. The number of carboxylic acid groups (broad SMARTS) is 1. The average molecular weight is 276 g/mol. The first-order valence-electron chi connectivity index (χ1n) is 7.00. The zero-order valence-corrected chi connectivity index (χ0v) is 11.6. The Hall–Kier alpha value is -2.04. The van der Waals surface area contributed by atoms with Crippen molar-refractivity contribution in [3.63, 3.8) is 0 Å². The third-order valence-corrected chi connectivity index (χ3v) is 3.43. The van der Waals surface area contributed by atoms with Crippen LogP contribution in [0.5, 0.6) is 0 Å². The van der Waals surface area contributed by atoms with Crippen LogP contribution in [0.25, 0.3) is 0 Å². The standard InChI is InChI=1S/C15H20N2O3/c1-2-5-10-6-3-4-7-12(10)16-15(20)17-13(14(18)19)11-8-9-11/h3-4,6-7,11,13H,2,5,8-9H2,1H3,(H,18,19)(H2,16,17,20). The summed E-state index contributed by atoms with van der Waals surface area (Å²) >= 11 is 0. The molecule has 5 nitrogen and oxygen atoms in total. The highest BCUT2D eigenvalue weighted by atomic mass is 16.4. The first-order valence-corrected chi connectivity index (χ1v) is 7.00. The van der Waals surface area contributed by atoms with Gasteiger partial charge in [-0.05, 0) is 36.8 Å². The molecule has 0 saturated heterocycles. The van der Waals surface area contributed by atoms with E-state index in [-0.39, 0.29) is 5.92 Å². The van der Waals surface area contributed by atoms with Crippen molar-refractivity contribution in [3.05, 3.63) is 29.8 Å². The van der Waals surface area contributed by atoms with Crippen LogP contribution in [0.2, 0.25) is 0 Å². The summed E-state index contributed by atoms with van der Waals surface area (Å²) in [5, 5.41) is 14.4. The number of carboxylic acids is 1. The lowest BCUT2D eigenvalue weighted by Gasteiger charge is -2.16. The van der Waals surface area contributed by atoms with Gasteiger partial charge in [0.2, 0.25) is 0 Å². The summed E-state index contributed by atoms with van der Waals surface area (Å²) in [7, 11) is 0. The molecule has 1 saturated carbocycles. The average Bonchev–Trinajstić information content (AvgIpc) is 3.22. The van der Waals surface area contributed by atoms with Crippen molar-refractivity contribution in [3.8, 4) is 0 Å². The van der Waals surface area contributed by atoms with Gasteiger partial charge in [-0.25, -0.2) is 9.59 Å². The number of anilines is 1. The molecule has 3 N–H and O–H groups in total. The molecule has 1 fully saturated rings. The molecule has 0 spiro atoms. The second-order valence-electron chi connectivity index (χ2n) is 5.16. The monoisotopic (exact) mass is 276 g/mol. The van der Waals surface area contributed by atoms with Gasteiger partial charge in [-0.2, -0.15) is 0 Å². The van der Waals surface area contributed by atoms with Gasteiger partial charge < -0.3 is 15.7 Å². The lowest BCUT2D eigenvalue weighted by atomic mass is 10.1. The van der Waals surface area contributed by atoms with E-state index in [1.165, 1.54) is 0 Å². The Morgan fingerprint density at radius 2 is 2.05 bits per heavy atom. The highest BCUT2D eigenvalue weighted by Gasteiger charge is 2.37. The van der Waals surface area contributed by atoms with Crippen molar-refractivity contribution < 1.29 is 14.7 Å². The molecule has 0 bridgehead atoms. The van der Waals surface area contributed by atoms with Crippen LogP contribution in [0.4, 0.5) is 10.5 Å². The highest BCUT2D eigenvalue weighted by Crippen LogP contribution is 2.32. The Bertz CT molecular complexity index is 498. The molecule has 1 aromatic carbocycles. The van der Waals surface area contributed by atoms with E-state index in [1.807, 2.05) is 24.3 Å². The molecular formula is C15H20N2O3. The Morgan fingerprint density at radius 3 is 2.65 bits per heavy atom. The molecule has 1 aliphatic carbocycles. The zero-order valence-electron chi connectivity index (χ0n) is 11.6. The van der Waals surface area contributed by atoms with Gasteiger partial charge in [-0.15, -0.1) is 0 Å². The molecule has 20 heavy (non-hydrogen) atoms. The van der Waals surface area contributed by atoms with Gasteiger partial charge in [0.05, 0.1) is 0 Å². The van der Waals surface area contributed by atoms with Crippen molar-refractivity contribution in [1.29, 1.82) is 0 Å². The topological polar surface area (TPSA) is 78.4 Å². The Kier molecular flexibility index (Phi) is 4.61. The first kappa shape index (κ1) is 14.4. The fraction of sp³-hybridized carbons (Fsp3) is 0.467. The minimum atomic E-state index is -0.968. The summed E-state index contributed by atoms with van der Waals surface area (Å²) in [6, 6.07) is 6.34. The molecule has 1 atom stereocenters. The molecule has 2 amide bonds. The molecular weight excluding hydrogens is 256 g/mol. The summed E-state index contributed by atoms with van der Waals surface area (Å²) in [4.78, 5) is 23.0. The largest absolute Gasteiger partial charge is 0.480 e. The second-order valence-corrected chi connectivity index (χ2v) is 5.16. The van der Waals surface area contributed by atoms with Crippen LogP contribution in [0.15, 0.2) is 24.3 Å². The van der Waals surface area contributed by atoms with E-state index in [1.54, 1.807) is 0 Å². The Balaban J connectivity index is 1.98. The maximum Gasteiger partial charge on any atom is 0.326 e. The number of rotatable bonds is 6. The van der Waals surface area contributed by atoms with Crippen LogP contribution in [-0.2, 0) is 11.2 Å². The van der Waals surface area contributed by atoms with E-state index in [0.29, 0.717) is 0 Å². The number of carbonyl (C=O) groups is 2. The van der Waals surface area contributed by atoms with Gasteiger partial charge in [0, 0.05) is 5.69 Å². The number of urea groups is 1. The number of amides is 2. The second kappa shape index (κ2) is 6.41. The third-order valence-electron chi connectivity index (χ3n) is 3.43. The number of carbonyl (C=O) groups excluding carboxylic acids is 1. The van der Waals surface area contributed by atoms with Crippen molar-refractivity contribution in [2.24, 2.45) is 5.92 Å². The van der Waals surface area contributed by atoms with Gasteiger partial charge in [-0.1, -0.05) is 31.5 Å². The van der Waals surface area contributed by atoms with E-state index < -0.39 is 18.0 Å². The molecule has 0 radical (unpaired) electrons. The molecule has 0 heterocycles. The fourth-order valence-corrected chi connectivity index (χ4v) is 2.24. The van der Waals surface area contributed by atoms with Gasteiger partial charge in [0.25, 0.3) is 0 Å². The van der Waals surface area contributed by atoms with Crippen LogP contribution in [0, 0.1) is 5.92 Å². The quantitative estimate of drug-likeness (QED) is 0.747. The van der Waals surface area contributed by atoms with Crippen molar-refractivity contribution >= 4 is 17.7 Å². The van der Waals surface area contributed by atoms with E-state index in [2.05, 4.69) is 17.6 Å². The lowest BCUT2D eigenvalue weighted by molar-refractivity contribution is -0.139. The minimum Gasteiger partial charge on any atom is -0.480 e. The number of benzene rings is 1. The van der Waals surface area contributed by atoms with Gasteiger partial charge in [-0.3, -0.25) is 0 Å². The van der Waals surface area contributed by atoms with Crippen LogP contribution in [0.3, 0.4) is 0 Å². The Labute approximate surface area is 118 Å². The van der Waals surface area contributed by atoms with Gasteiger partial charge in [0.1, 0.15) is 6.04 Å². The molecule has 0 aromatic heterocycles. The predicted octanol–water partition coefficient (Wildman–Crippen LogP) is 2.62. The van der Waals surface area contributed by atoms with Gasteiger partial charge in [0.15, 0.2) is 0 Å². The lowest BCUT2D eigenvalue weighted by Crippen LogP contribution is -2.44. The van der Waals surface area contributed by atoms with E-state index in [9.17, 15) is 9.59 Å². The molecule has 1 unspecified atom stereocenters. The normalized spacial score (nSPS) is 15.4. The van der Waals surface area contributed by atoms with E-state index >= 15 is 0 Å². The number of hydrogen-bond acceptors (Lipinski definition) is 2. The van der Waals surface area contributed by atoms with E-state index in [4.69, 9.17) is 5.11 Å². The number of aliphatic carboxylic acids is 1. The van der Waals surface area contributed by atoms with Crippen molar-refractivity contribution in [2.75, 3.05) is 5.32 Å². The molecule has 1 aliphatic rings. The summed E-state index contributed by atoms with van der Waals surface area (Å²) in [6.07, 6.45) is 3.59. The van der Waals surface area contributed by atoms with E-state index in [0.717, 1.165) is 36.9 Å². The van der Waals surface area contributed by atoms with Crippen LogP contribution >= 0.6 is 0 Å². The number of hydrogen-bond donors (Lipinski definition) is 3. The summed E-state index contributed by atoms with van der Waals surface area (Å²) in [5.41, 5.74) is 1.80. The number of nitrogens with one attached hydrogen (secondary N) is 2. The Morgan fingerprint density at radius 1 is 1.35 bits per heavy atom. The SMILES string of the molecule is CCCc1ccccc1NC(=O)NC(C(=O)O)C1CC1. The van der Waals surface area contributed by atoms with Crippen molar-refractivity contribution in [1.82, 2.24) is 5.32 Å². The summed E-state index contributed by atoms with van der Waals surface area (Å²) in [6.45, 7) is 2.07. The van der Waals surface area contributed by atoms with Crippen LogP contribution < -0.4 is 10.6 Å². The molecule has 2 rings (SSSR count). The summed E-state index contributed by atoms with van der Waals surface area (Å²) in [5.74, 6) is -0.895. The smallest absolute Gasteiger partial charge is 0.326 e. The number of aryl methyl sites for hydroxylation is 1. The predicted molar refractivity (Wildman–Crippen MR) is 76.7 cm³/mol. The first-order chi connectivity index (χ1) is 9.61. The zero-order chi connectivity index (χ0) is 14.5. The van der Waals surface area contributed by atoms with Crippen LogP contribution in [0.1, 0.15) is 31.7 Å². The molecule has 5 heteroatoms.